The average molecular weight is 394 g/mol. The molecule has 1 amide bonds. The van der Waals surface area contributed by atoms with Gasteiger partial charge in [0.05, 0.1) is 6.61 Å². The fourth-order valence-electron chi connectivity index (χ4n) is 3.00. The first kappa shape index (κ1) is 24.1. The highest BCUT2D eigenvalue weighted by Gasteiger charge is 2.17. The topological polar surface area (TPSA) is 55.4 Å². The standard InChI is InChI=1S/C23H36FNO3/c1-3-4-5-6-7-8-9-10-11-12-13-18-28-23(27)19(2)25-22(26)20-14-16-21(24)17-15-20/h14-17,19H,3-13,18H2,1-2H3,(H,25,26). The van der Waals surface area contributed by atoms with Gasteiger partial charge in [0.1, 0.15) is 11.9 Å². The Morgan fingerprint density at radius 3 is 1.93 bits per heavy atom. The van der Waals surface area contributed by atoms with Crippen molar-refractivity contribution in [3.05, 3.63) is 35.6 Å². The summed E-state index contributed by atoms with van der Waals surface area (Å²) in [6.07, 6.45) is 13.7. The Morgan fingerprint density at radius 2 is 1.39 bits per heavy atom. The molecule has 0 saturated heterocycles. The summed E-state index contributed by atoms with van der Waals surface area (Å²) in [6, 6.07) is 4.46. The van der Waals surface area contributed by atoms with Crippen molar-refractivity contribution >= 4 is 11.9 Å². The summed E-state index contributed by atoms with van der Waals surface area (Å²) in [7, 11) is 0. The first-order valence-electron chi connectivity index (χ1n) is 10.8. The summed E-state index contributed by atoms with van der Waals surface area (Å²) >= 11 is 0. The molecule has 1 aromatic rings. The molecule has 0 heterocycles. The largest absolute Gasteiger partial charge is 0.464 e. The fraction of sp³-hybridized carbons (Fsp3) is 0.652. The highest BCUT2D eigenvalue weighted by Crippen LogP contribution is 2.11. The van der Waals surface area contributed by atoms with Gasteiger partial charge in [-0.1, -0.05) is 71.1 Å². The van der Waals surface area contributed by atoms with Crippen molar-refractivity contribution in [1.82, 2.24) is 5.32 Å². The highest BCUT2D eigenvalue weighted by atomic mass is 19.1. The zero-order valence-electron chi connectivity index (χ0n) is 17.5. The summed E-state index contributed by atoms with van der Waals surface area (Å²) < 4.78 is 18.1. The molecule has 1 N–H and O–H groups in total. The molecule has 0 spiro atoms. The van der Waals surface area contributed by atoms with Crippen LogP contribution < -0.4 is 5.32 Å². The third kappa shape index (κ3) is 11.1. The normalized spacial score (nSPS) is 11.8. The van der Waals surface area contributed by atoms with Crippen LogP contribution in [0.25, 0.3) is 0 Å². The molecule has 0 fully saturated rings. The van der Waals surface area contributed by atoms with Crippen molar-refractivity contribution in [2.24, 2.45) is 0 Å². The number of amides is 1. The molecule has 0 radical (unpaired) electrons. The van der Waals surface area contributed by atoms with E-state index < -0.39 is 23.7 Å². The smallest absolute Gasteiger partial charge is 0.328 e. The molecule has 28 heavy (non-hydrogen) atoms. The van der Waals surface area contributed by atoms with Crippen LogP contribution >= 0.6 is 0 Å². The molecule has 4 nitrogen and oxygen atoms in total. The van der Waals surface area contributed by atoms with Gasteiger partial charge in [-0.15, -0.1) is 0 Å². The molecule has 1 rings (SSSR count). The zero-order valence-corrected chi connectivity index (χ0v) is 17.5. The van der Waals surface area contributed by atoms with E-state index >= 15 is 0 Å². The van der Waals surface area contributed by atoms with Crippen molar-refractivity contribution < 1.29 is 18.7 Å². The maximum Gasteiger partial charge on any atom is 0.328 e. The maximum atomic E-state index is 12.9. The van der Waals surface area contributed by atoms with Gasteiger partial charge >= 0.3 is 5.97 Å². The van der Waals surface area contributed by atoms with E-state index in [0.717, 1.165) is 12.8 Å². The lowest BCUT2D eigenvalue weighted by Crippen LogP contribution is -2.39. The van der Waals surface area contributed by atoms with Crippen molar-refractivity contribution in [3.63, 3.8) is 0 Å². The Kier molecular flexibility index (Phi) is 13.0. The SMILES string of the molecule is CCCCCCCCCCCCCOC(=O)C(C)NC(=O)c1ccc(F)cc1. The van der Waals surface area contributed by atoms with Gasteiger partial charge in [-0.3, -0.25) is 4.79 Å². The second-order valence-corrected chi connectivity index (χ2v) is 7.41. The van der Waals surface area contributed by atoms with Gasteiger partial charge in [-0.25, -0.2) is 9.18 Å². The number of nitrogens with one attached hydrogen (secondary N) is 1. The first-order valence-corrected chi connectivity index (χ1v) is 10.8. The first-order chi connectivity index (χ1) is 13.5. The summed E-state index contributed by atoms with van der Waals surface area (Å²) in [5, 5.41) is 2.57. The van der Waals surface area contributed by atoms with E-state index in [1.165, 1.54) is 82.1 Å². The Balaban J connectivity index is 2.02. The summed E-state index contributed by atoms with van der Waals surface area (Å²) in [5.74, 6) is -1.27. The third-order valence-corrected chi connectivity index (χ3v) is 4.80. The van der Waals surface area contributed by atoms with E-state index in [9.17, 15) is 14.0 Å². The third-order valence-electron chi connectivity index (χ3n) is 4.80. The van der Waals surface area contributed by atoms with Crippen LogP contribution in [-0.4, -0.2) is 24.5 Å². The minimum atomic E-state index is -0.731. The van der Waals surface area contributed by atoms with E-state index in [2.05, 4.69) is 12.2 Å². The minimum absolute atomic E-state index is 0.311. The zero-order chi connectivity index (χ0) is 20.6. The number of hydrogen-bond acceptors (Lipinski definition) is 3. The molecular formula is C23H36FNO3. The molecule has 1 unspecified atom stereocenters. The van der Waals surface area contributed by atoms with Crippen LogP contribution in [0.1, 0.15) is 94.8 Å². The van der Waals surface area contributed by atoms with Crippen LogP contribution in [0.15, 0.2) is 24.3 Å². The van der Waals surface area contributed by atoms with E-state index in [4.69, 9.17) is 4.74 Å². The maximum absolute atomic E-state index is 12.9. The second kappa shape index (κ2) is 15.1. The van der Waals surface area contributed by atoms with Crippen molar-refractivity contribution in [2.45, 2.75) is 90.5 Å². The van der Waals surface area contributed by atoms with Crippen molar-refractivity contribution in [2.75, 3.05) is 6.61 Å². The van der Waals surface area contributed by atoms with E-state index in [-0.39, 0.29) is 0 Å². The molecule has 0 aliphatic heterocycles. The van der Waals surface area contributed by atoms with Crippen LogP contribution in [0.5, 0.6) is 0 Å². The molecule has 0 saturated carbocycles. The number of esters is 1. The van der Waals surface area contributed by atoms with E-state index in [1.54, 1.807) is 6.92 Å². The Labute approximate surface area is 169 Å². The van der Waals surface area contributed by atoms with Gasteiger partial charge < -0.3 is 10.1 Å². The number of halogens is 1. The van der Waals surface area contributed by atoms with Crippen molar-refractivity contribution in [3.8, 4) is 0 Å². The van der Waals surface area contributed by atoms with Crippen LogP contribution in [0.2, 0.25) is 0 Å². The summed E-state index contributed by atoms with van der Waals surface area (Å²) in [5.41, 5.74) is 0.311. The number of unbranched alkanes of at least 4 members (excludes halogenated alkanes) is 10. The predicted octanol–water partition coefficient (Wildman–Crippen LogP) is 5.80. The Bertz CT molecular complexity index is 559. The molecule has 1 atom stereocenters. The monoisotopic (exact) mass is 393 g/mol. The molecule has 0 aliphatic rings. The van der Waals surface area contributed by atoms with Gasteiger partial charge in [0, 0.05) is 5.56 Å². The van der Waals surface area contributed by atoms with E-state index in [1.807, 2.05) is 0 Å². The van der Waals surface area contributed by atoms with Crippen LogP contribution in [0.3, 0.4) is 0 Å². The fourth-order valence-corrected chi connectivity index (χ4v) is 3.00. The number of carbonyl (C=O) groups excluding carboxylic acids is 2. The lowest BCUT2D eigenvalue weighted by molar-refractivity contribution is -0.145. The van der Waals surface area contributed by atoms with Crippen molar-refractivity contribution in [1.29, 1.82) is 0 Å². The van der Waals surface area contributed by atoms with Gasteiger partial charge in [0.2, 0.25) is 0 Å². The minimum Gasteiger partial charge on any atom is -0.464 e. The van der Waals surface area contributed by atoms with Gasteiger partial charge in [0.25, 0.3) is 5.91 Å². The summed E-state index contributed by atoms with van der Waals surface area (Å²) in [6.45, 7) is 4.21. The lowest BCUT2D eigenvalue weighted by atomic mass is 10.1. The number of ether oxygens (including phenoxy) is 1. The molecule has 5 heteroatoms. The number of carbonyl (C=O) groups is 2. The predicted molar refractivity (Wildman–Crippen MR) is 111 cm³/mol. The van der Waals surface area contributed by atoms with Gasteiger partial charge in [-0.2, -0.15) is 0 Å². The number of rotatable bonds is 15. The van der Waals surface area contributed by atoms with Crippen LogP contribution in [0, 0.1) is 5.82 Å². The second-order valence-electron chi connectivity index (χ2n) is 7.41. The molecule has 0 aromatic heterocycles. The molecular weight excluding hydrogens is 357 g/mol. The Hall–Kier alpha value is -1.91. The number of hydrogen-bond donors (Lipinski definition) is 1. The number of benzene rings is 1. The lowest BCUT2D eigenvalue weighted by Gasteiger charge is -2.13. The average Bonchev–Trinajstić information content (AvgIpc) is 2.69. The quantitative estimate of drug-likeness (QED) is 0.303. The van der Waals surface area contributed by atoms with Gasteiger partial charge in [-0.05, 0) is 37.6 Å². The molecule has 0 aliphatic carbocycles. The molecule has 0 bridgehead atoms. The summed E-state index contributed by atoms with van der Waals surface area (Å²) in [4.78, 5) is 24.0. The van der Waals surface area contributed by atoms with E-state index in [0.29, 0.717) is 12.2 Å². The molecule has 158 valence electrons. The van der Waals surface area contributed by atoms with Gasteiger partial charge in [0.15, 0.2) is 0 Å². The van der Waals surface area contributed by atoms with Crippen LogP contribution in [-0.2, 0) is 9.53 Å². The highest BCUT2D eigenvalue weighted by molar-refractivity contribution is 5.96. The molecule has 1 aromatic carbocycles. The Morgan fingerprint density at radius 1 is 0.893 bits per heavy atom. The van der Waals surface area contributed by atoms with Crippen LogP contribution in [0.4, 0.5) is 4.39 Å².